The zero-order valence-corrected chi connectivity index (χ0v) is 19.8. The van der Waals surface area contributed by atoms with Gasteiger partial charge in [-0.25, -0.2) is 27.5 Å². The Morgan fingerprint density at radius 3 is 2.45 bits per heavy atom. The van der Waals surface area contributed by atoms with E-state index in [0.29, 0.717) is 18.5 Å². The highest BCUT2D eigenvalue weighted by Gasteiger charge is 2.24. The highest BCUT2D eigenvalue weighted by Crippen LogP contribution is 2.32. The van der Waals surface area contributed by atoms with E-state index in [0.717, 1.165) is 59.3 Å². The van der Waals surface area contributed by atoms with Gasteiger partial charge in [0.05, 0.1) is 9.90 Å². The van der Waals surface area contributed by atoms with E-state index in [9.17, 15) is 12.8 Å². The van der Waals surface area contributed by atoms with Crippen LogP contribution in [0.15, 0.2) is 34.5 Å². The number of rotatable bonds is 7. The lowest BCUT2D eigenvalue weighted by atomic mass is 9.86. The number of hydrogen-bond acceptors (Lipinski definition) is 7. The molecule has 166 valence electrons. The first-order chi connectivity index (χ1) is 14.8. The van der Waals surface area contributed by atoms with Crippen LogP contribution in [0.2, 0.25) is 0 Å². The second-order valence-corrected chi connectivity index (χ2v) is 11.9. The molecule has 0 aliphatic heterocycles. The number of anilines is 1. The van der Waals surface area contributed by atoms with E-state index in [2.05, 4.69) is 21.9 Å². The van der Waals surface area contributed by atoms with Crippen molar-refractivity contribution < 1.29 is 12.8 Å². The molecule has 2 N–H and O–H groups in total. The molecule has 2 aromatic heterocycles. The third-order valence-electron chi connectivity index (χ3n) is 5.51. The van der Waals surface area contributed by atoms with Gasteiger partial charge in [0, 0.05) is 22.8 Å². The Morgan fingerprint density at radius 1 is 1.10 bits per heavy atom. The van der Waals surface area contributed by atoms with Gasteiger partial charge >= 0.3 is 0 Å². The zero-order chi connectivity index (χ0) is 22.0. The molecule has 0 unspecified atom stereocenters. The van der Waals surface area contributed by atoms with Crippen LogP contribution in [-0.2, 0) is 10.0 Å². The van der Waals surface area contributed by atoms with E-state index in [1.54, 1.807) is 22.7 Å². The van der Waals surface area contributed by atoms with E-state index in [-0.39, 0.29) is 4.90 Å². The summed E-state index contributed by atoms with van der Waals surface area (Å²) in [5, 5.41) is 7.52. The van der Waals surface area contributed by atoms with Crippen LogP contribution in [0.25, 0.3) is 11.4 Å². The fourth-order valence-corrected chi connectivity index (χ4v) is 6.54. The van der Waals surface area contributed by atoms with Crippen LogP contribution in [0.3, 0.4) is 0 Å². The van der Waals surface area contributed by atoms with Crippen molar-refractivity contribution >= 4 is 37.8 Å². The molecule has 0 atom stereocenters. The number of halogens is 1. The van der Waals surface area contributed by atoms with Gasteiger partial charge in [-0.2, -0.15) is 0 Å². The summed E-state index contributed by atoms with van der Waals surface area (Å²) in [7, 11) is -3.61. The molecule has 0 spiro atoms. The monoisotopic (exact) mass is 480 g/mol. The van der Waals surface area contributed by atoms with Crippen LogP contribution in [-0.4, -0.2) is 31.0 Å². The van der Waals surface area contributed by atoms with Gasteiger partial charge in [-0.3, -0.25) is 0 Å². The third-order valence-corrected chi connectivity index (χ3v) is 8.61. The normalized spacial score (nSPS) is 19.5. The molecule has 1 aromatic carbocycles. The first-order valence-corrected chi connectivity index (χ1v) is 13.4. The summed E-state index contributed by atoms with van der Waals surface area (Å²) in [4.78, 5) is 10.6. The maximum absolute atomic E-state index is 13.0. The molecule has 2 heterocycles. The summed E-state index contributed by atoms with van der Waals surface area (Å²) in [6, 6.07) is 5.23. The topological polar surface area (TPSA) is 84.0 Å². The fourth-order valence-electron chi connectivity index (χ4n) is 3.83. The van der Waals surface area contributed by atoms with Crippen molar-refractivity contribution in [2.45, 2.75) is 50.5 Å². The summed E-state index contributed by atoms with van der Waals surface area (Å²) < 4.78 is 40.5. The Kier molecular flexibility index (Phi) is 6.71. The van der Waals surface area contributed by atoms with Crippen LogP contribution in [0, 0.1) is 25.6 Å². The second kappa shape index (κ2) is 9.32. The molecule has 1 fully saturated rings. The minimum Gasteiger partial charge on any atom is -0.359 e. The van der Waals surface area contributed by atoms with E-state index >= 15 is 0 Å². The Hall–Kier alpha value is -1.88. The van der Waals surface area contributed by atoms with Crippen LogP contribution in [0.5, 0.6) is 0 Å². The largest absolute Gasteiger partial charge is 0.359 e. The molecule has 6 nitrogen and oxygen atoms in total. The van der Waals surface area contributed by atoms with Crippen molar-refractivity contribution in [3.63, 3.8) is 0 Å². The number of nitrogens with one attached hydrogen (secondary N) is 2. The first-order valence-electron chi connectivity index (χ1n) is 10.2. The fraction of sp³-hybridized carbons (Fsp3) is 0.429. The van der Waals surface area contributed by atoms with Crippen molar-refractivity contribution in [2.75, 3.05) is 11.9 Å². The highest BCUT2D eigenvalue weighted by molar-refractivity contribution is 7.89. The van der Waals surface area contributed by atoms with E-state index in [4.69, 9.17) is 4.98 Å². The quantitative estimate of drug-likeness (QED) is 0.499. The summed E-state index contributed by atoms with van der Waals surface area (Å²) >= 11 is 3.28. The number of thiazole rings is 2. The van der Waals surface area contributed by atoms with Gasteiger partial charge in [0.2, 0.25) is 10.0 Å². The predicted molar refractivity (Wildman–Crippen MR) is 124 cm³/mol. The Bertz CT molecular complexity index is 1130. The van der Waals surface area contributed by atoms with Crippen LogP contribution >= 0.6 is 22.7 Å². The van der Waals surface area contributed by atoms with Crippen molar-refractivity contribution in [2.24, 2.45) is 5.92 Å². The minimum atomic E-state index is -3.61. The van der Waals surface area contributed by atoms with E-state index < -0.39 is 15.8 Å². The number of nitrogens with zero attached hydrogens (tertiary/aromatic N) is 2. The Labute approximate surface area is 190 Å². The lowest BCUT2D eigenvalue weighted by Gasteiger charge is -2.29. The first kappa shape index (κ1) is 22.3. The molecular formula is C21H25FN4O2S3. The molecular weight excluding hydrogens is 455 g/mol. The number of benzene rings is 1. The van der Waals surface area contributed by atoms with Crippen molar-refractivity contribution in [3.05, 3.63) is 45.3 Å². The van der Waals surface area contributed by atoms with Gasteiger partial charge in [-0.1, -0.05) is 0 Å². The van der Waals surface area contributed by atoms with Crippen LogP contribution in [0.1, 0.15) is 35.6 Å². The molecule has 0 amide bonds. The van der Waals surface area contributed by atoms with Crippen LogP contribution < -0.4 is 10.0 Å². The van der Waals surface area contributed by atoms with Gasteiger partial charge in [0.25, 0.3) is 0 Å². The number of sulfonamides is 1. The SMILES string of the molecule is Cc1nc(-c2csc(N[C@H]3CC[C@H](CNS(=O)(=O)c4ccc(F)cc4)CC3)n2)c(C)s1. The smallest absolute Gasteiger partial charge is 0.240 e. The van der Waals surface area contributed by atoms with Gasteiger partial charge in [-0.05, 0) is 69.7 Å². The van der Waals surface area contributed by atoms with Crippen molar-refractivity contribution in [3.8, 4) is 11.4 Å². The minimum absolute atomic E-state index is 0.0920. The average molecular weight is 481 g/mol. The molecule has 0 bridgehead atoms. The lowest BCUT2D eigenvalue weighted by molar-refractivity contribution is 0.337. The van der Waals surface area contributed by atoms with Crippen molar-refractivity contribution in [1.29, 1.82) is 0 Å². The number of aromatic nitrogens is 2. The summed E-state index contributed by atoms with van der Waals surface area (Å²) in [6.45, 7) is 4.47. The zero-order valence-electron chi connectivity index (χ0n) is 17.4. The average Bonchev–Trinajstić information content (AvgIpc) is 3.33. The van der Waals surface area contributed by atoms with E-state index in [1.807, 2.05) is 12.3 Å². The van der Waals surface area contributed by atoms with Gasteiger partial charge < -0.3 is 5.32 Å². The van der Waals surface area contributed by atoms with Gasteiger partial charge in [0.1, 0.15) is 17.2 Å². The molecule has 0 saturated heterocycles. The maximum Gasteiger partial charge on any atom is 0.240 e. The Balaban J connectivity index is 1.26. The van der Waals surface area contributed by atoms with Gasteiger partial charge in [-0.15, -0.1) is 22.7 Å². The predicted octanol–water partition coefficient (Wildman–Crippen LogP) is 4.97. The van der Waals surface area contributed by atoms with Crippen molar-refractivity contribution in [1.82, 2.24) is 14.7 Å². The summed E-state index contributed by atoms with van der Waals surface area (Å²) in [5.74, 6) is -0.158. The Morgan fingerprint density at radius 2 is 1.81 bits per heavy atom. The molecule has 10 heteroatoms. The molecule has 4 rings (SSSR count). The van der Waals surface area contributed by atoms with Gasteiger partial charge in [0.15, 0.2) is 5.13 Å². The third kappa shape index (κ3) is 5.49. The maximum atomic E-state index is 13.0. The molecule has 1 aliphatic carbocycles. The molecule has 0 radical (unpaired) electrons. The summed E-state index contributed by atoms with van der Waals surface area (Å²) in [6.07, 6.45) is 3.80. The standard InChI is InChI=1S/C21H25FN4O2S3/c1-13-20(24-14(2)30-13)19-12-29-21(26-19)25-17-7-3-15(4-8-17)11-23-31(27,28)18-9-5-16(22)6-10-18/h5-6,9-10,12,15,17,23H,3-4,7-8,11H2,1-2H3,(H,25,26)/t15-,17-. The molecule has 31 heavy (non-hydrogen) atoms. The second-order valence-electron chi connectivity index (χ2n) is 7.84. The summed E-state index contributed by atoms with van der Waals surface area (Å²) in [5.41, 5.74) is 1.88. The molecule has 1 saturated carbocycles. The van der Waals surface area contributed by atoms with Crippen LogP contribution in [0.4, 0.5) is 9.52 Å². The molecule has 3 aromatic rings. The lowest BCUT2D eigenvalue weighted by Crippen LogP contribution is -2.34. The van der Waals surface area contributed by atoms with E-state index in [1.165, 1.54) is 17.0 Å². The number of aryl methyl sites for hydroxylation is 2. The molecule has 1 aliphatic rings. The highest BCUT2D eigenvalue weighted by atomic mass is 32.2. The number of hydrogen-bond donors (Lipinski definition) is 2.